The molecule has 9 heteroatoms. The molecule has 0 saturated carbocycles. The highest BCUT2D eigenvalue weighted by Crippen LogP contribution is 2.15. The monoisotopic (exact) mass is 428 g/mol. The van der Waals surface area contributed by atoms with Crippen molar-refractivity contribution in [3.05, 3.63) is 83.0 Å². The van der Waals surface area contributed by atoms with Crippen LogP contribution >= 0.6 is 0 Å². The molecule has 0 unspecified atom stereocenters. The summed E-state index contributed by atoms with van der Waals surface area (Å²) in [5.74, 6) is 1.13. The molecule has 3 aromatic heterocycles. The van der Waals surface area contributed by atoms with Crippen LogP contribution in [0.2, 0.25) is 0 Å². The van der Waals surface area contributed by atoms with Gasteiger partial charge in [0, 0.05) is 29.2 Å². The van der Waals surface area contributed by atoms with Gasteiger partial charge in [-0.15, -0.1) is 0 Å². The molecule has 4 rings (SSSR count). The smallest absolute Gasteiger partial charge is 0.251 e. The maximum Gasteiger partial charge on any atom is 0.251 e. The van der Waals surface area contributed by atoms with Crippen molar-refractivity contribution in [1.29, 1.82) is 0 Å². The van der Waals surface area contributed by atoms with Crippen molar-refractivity contribution in [2.45, 2.75) is 33.9 Å². The van der Waals surface area contributed by atoms with E-state index in [4.69, 9.17) is 0 Å². The van der Waals surface area contributed by atoms with Crippen LogP contribution in [-0.2, 0) is 13.1 Å². The Bertz CT molecular complexity index is 1240. The molecule has 0 aliphatic rings. The molecule has 1 aromatic carbocycles. The van der Waals surface area contributed by atoms with Crippen LogP contribution in [0.3, 0.4) is 0 Å². The third-order valence-electron chi connectivity index (χ3n) is 5.05. The van der Waals surface area contributed by atoms with Crippen molar-refractivity contribution >= 4 is 11.6 Å². The average Bonchev–Trinajstić information content (AvgIpc) is 3.29. The van der Waals surface area contributed by atoms with Gasteiger partial charge in [0.05, 0.1) is 35.9 Å². The van der Waals surface area contributed by atoms with Crippen LogP contribution in [0.15, 0.2) is 48.8 Å². The second-order valence-corrected chi connectivity index (χ2v) is 7.39. The molecule has 32 heavy (non-hydrogen) atoms. The number of aryl methyl sites for hydroxylation is 3. The molecule has 3 heterocycles. The van der Waals surface area contributed by atoms with E-state index in [1.54, 1.807) is 24.5 Å². The fourth-order valence-corrected chi connectivity index (χ4v) is 3.16. The number of benzene rings is 1. The average molecular weight is 429 g/mol. The summed E-state index contributed by atoms with van der Waals surface area (Å²) >= 11 is 0. The summed E-state index contributed by atoms with van der Waals surface area (Å²) in [5.41, 5.74) is 5.61. The van der Waals surface area contributed by atoms with E-state index >= 15 is 0 Å². The van der Waals surface area contributed by atoms with Crippen LogP contribution in [0.1, 0.15) is 39.0 Å². The van der Waals surface area contributed by atoms with E-state index in [9.17, 15) is 4.79 Å². The lowest BCUT2D eigenvalue weighted by Gasteiger charge is -2.10. The number of carbonyl (C=O) groups excluding carboxylic acids is 1. The number of hydrogen-bond acceptors (Lipinski definition) is 7. The van der Waals surface area contributed by atoms with Crippen LogP contribution in [0.4, 0.5) is 5.69 Å². The number of amides is 1. The summed E-state index contributed by atoms with van der Waals surface area (Å²) < 4.78 is 0. The van der Waals surface area contributed by atoms with E-state index in [1.165, 1.54) is 0 Å². The van der Waals surface area contributed by atoms with Gasteiger partial charge in [-0.25, -0.2) is 4.98 Å². The fraction of sp³-hybridized carbons (Fsp3) is 0.217. The normalized spacial score (nSPS) is 10.7. The highest BCUT2D eigenvalue weighted by atomic mass is 16.1. The first-order valence-electron chi connectivity index (χ1n) is 10.2. The number of nitrogens with zero attached hydrogens (tertiary/aromatic N) is 5. The lowest BCUT2D eigenvalue weighted by Crippen LogP contribution is -2.24. The van der Waals surface area contributed by atoms with Gasteiger partial charge in [0.25, 0.3) is 5.91 Å². The number of nitrogens with one attached hydrogen (secondary N) is 3. The fourth-order valence-electron chi connectivity index (χ4n) is 3.16. The molecule has 0 bridgehead atoms. The van der Waals surface area contributed by atoms with E-state index < -0.39 is 0 Å². The van der Waals surface area contributed by atoms with Crippen molar-refractivity contribution in [2.75, 3.05) is 5.32 Å². The summed E-state index contributed by atoms with van der Waals surface area (Å²) in [6.45, 7) is 6.51. The number of H-pyrrole nitrogens is 1. The number of aromatic amines is 1. The first-order chi connectivity index (χ1) is 15.5. The molecule has 3 N–H and O–H groups in total. The quantitative estimate of drug-likeness (QED) is 0.413. The van der Waals surface area contributed by atoms with Gasteiger partial charge < -0.3 is 10.6 Å². The van der Waals surface area contributed by atoms with Crippen molar-refractivity contribution in [1.82, 2.24) is 35.5 Å². The van der Waals surface area contributed by atoms with Crippen molar-refractivity contribution < 1.29 is 4.79 Å². The molecule has 0 atom stereocenters. The molecule has 0 aliphatic heterocycles. The Balaban J connectivity index is 1.37. The van der Waals surface area contributed by atoms with Gasteiger partial charge in [0.2, 0.25) is 0 Å². The molecule has 0 aliphatic carbocycles. The van der Waals surface area contributed by atoms with Crippen molar-refractivity contribution in [3.8, 4) is 11.4 Å². The number of aromatic nitrogens is 6. The maximum absolute atomic E-state index is 12.6. The van der Waals surface area contributed by atoms with Gasteiger partial charge in [0.1, 0.15) is 5.82 Å². The Kier molecular flexibility index (Phi) is 6.16. The molecule has 1 amide bonds. The van der Waals surface area contributed by atoms with Crippen LogP contribution in [0.25, 0.3) is 11.4 Å². The summed E-state index contributed by atoms with van der Waals surface area (Å²) in [6.07, 6.45) is 3.40. The van der Waals surface area contributed by atoms with Gasteiger partial charge in [-0.05, 0) is 51.1 Å². The first-order valence-corrected chi connectivity index (χ1v) is 10.2. The second-order valence-electron chi connectivity index (χ2n) is 7.39. The zero-order valence-electron chi connectivity index (χ0n) is 18.2. The number of hydrogen-bond donors (Lipinski definition) is 3. The zero-order valence-corrected chi connectivity index (χ0v) is 18.2. The van der Waals surface area contributed by atoms with E-state index in [0.29, 0.717) is 30.3 Å². The topological polar surface area (TPSA) is 121 Å². The summed E-state index contributed by atoms with van der Waals surface area (Å²) in [4.78, 5) is 30.1. The highest BCUT2D eigenvalue weighted by molar-refractivity contribution is 5.95. The number of rotatable bonds is 7. The Labute approximate surface area is 185 Å². The summed E-state index contributed by atoms with van der Waals surface area (Å²) in [5, 5.41) is 13.4. The minimum absolute atomic E-state index is 0.173. The Morgan fingerprint density at radius 1 is 0.938 bits per heavy atom. The van der Waals surface area contributed by atoms with E-state index in [2.05, 4.69) is 40.8 Å². The molecular formula is C23H24N8O. The second kappa shape index (κ2) is 9.34. The minimum Gasteiger partial charge on any atom is -0.378 e. The van der Waals surface area contributed by atoms with Gasteiger partial charge in [-0.2, -0.15) is 5.10 Å². The molecule has 0 fully saturated rings. The van der Waals surface area contributed by atoms with Crippen LogP contribution in [0, 0.1) is 20.8 Å². The van der Waals surface area contributed by atoms with Gasteiger partial charge in [-0.3, -0.25) is 24.8 Å². The molecule has 0 saturated heterocycles. The molecule has 0 spiro atoms. The largest absolute Gasteiger partial charge is 0.378 e. The molecule has 0 radical (unpaired) electrons. The van der Waals surface area contributed by atoms with Crippen LogP contribution in [-0.4, -0.2) is 36.0 Å². The minimum atomic E-state index is -0.173. The lowest BCUT2D eigenvalue weighted by atomic mass is 10.2. The summed E-state index contributed by atoms with van der Waals surface area (Å²) in [7, 11) is 0. The number of pyridine rings is 1. The molecule has 162 valence electrons. The number of anilines is 1. The predicted octanol–water partition coefficient (Wildman–Crippen LogP) is 3.12. The number of carbonyl (C=O) groups is 1. The molecule has 9 nitrogen and oxygen atoms in total. The SMILES string of the molecule is Cc1nc(C)c(CNC(=O)c2cccc(NCc3nc(-c4ccncc4)n[nH]3)c2)nc1C. The van der Waals surface area contributed by atoms with Gasteiger partial charge in [0.15, 0.2) is 5.82 Å². The van der Waals surface area contributed by atoms with Crippen molar-refractivity contribution in [3.63, 3.8) is 0 Å². The van der Waals surface area contributed by atoms with E-state index in [-0.39, 0.29) is 5.91 Å². The van der Waals surface area contributed by atoms with Crippen LogP contribution < -0.4 is 10.6 Å². The first kappa shape index (κ1) is 21.1. The third-order valence-corrected chi connectivity index (χ3v) is 5.05. The molecular weight excluding hydrogens is 404 g/mol. The standard InChI is InChI=1S/C23H24N8O/c1-14-15(2)28-20(16(3)27-14)12-26-23(32)18-5-4-6-19(11-18)25-13-21-29-22(31-30-21)17-7-9-24-10-8-17/h4-11,25H,12-13H2,1-3H3,(H,26,32)(H,29,30,31). The Morgan fingerprint density at radius 2 is 1.72 bits per heavy atom. The third kappa shape index (κ3) is 4.94. The maximum atomic E-state index is 12.6. The highest BCUT2D eigenvalue weighted by Gasteiger charge is 2.10. The Hall–Kier alpha value is -4.14. The predicted molar refractivity (Wildman–Crippen MR) is 121 cm³/mol. The zero-order chi connectivity index (χ0) is 22.5. The lowest BCUT2D eigenvalue weighted by molar-refractivity contribution is 0.0950. The Morgan fingerprint density at radius 3 is 2.53 bits per heavy atom. The van der Waals surface area contributed by atoms with Crippen molar-refractivity contribution in [2.24, 2.45) is 0 Å². The van der Waals surface area contributed by atoms with Crippen LogP contribution in [0.5, 0.6) is 0 Å². The van der Waals surface area contributed by atoms with E-state index in [0.717, 1.165) is 34.0 Å². The van der Waals surface area contributed by atoms with E-state index in [1.807, 2.05) is 45.0 Å². The van der Waals surface area contributed by atoms with Gasteiger partial charge in [-0.1, -0.05) is 6.07 Å². The molecule has 4 aromatic rings. The van der Waals surface area contributed by atoms with Gasteiger partial charge >= 0.3 is 0 Å². The summed E-state index contributed by atoms with van der Waals surface area (Å²) in [6, 6.07) is 11.0.